The Morgan fingerprint density at radius 3 is 1.66 bits per heavy atom. The molecule has 0 fully saturated rings. The number of hydrogen-bond donors (Lipinski definition) is 0. The highest BCUT2D eigenvalue weighted by Crippen LogP contribution is 2.46. The molecule has 0 aliphatic carbocycles. The SMILES string of the molecule is c1cc(-c2ccc(N(c3ccc(-n4c5ccccc5c5ccccc54)cc3)c3ccccc3-c3cccc4sc5ccccc5c34)cc2)cc(-c2ccc3ccccc3c2)c1. The van der Waals surface area contributed by atoms with Gasteiger partial charge >= 0.3 is 0 Å². The molecule has 12 rings (SSSR count). The molecule has 0 saturated carbocycles. The zero-order valence-corrected chi connectivity index (χ0v) is 34.1. The first-order chi connectivity index (χ1) is 30.2. The summed E-state index contributed by atoms with van der Waals surface area (Å²) in [5.74, 6) is 0. The first-order valence-electron chi connectivity index (χ1n) is 20.8. The van der Waals surface area contributed by atoms with Crippen LogP contribution >= 0.6 is 11.3 Å². The highest BCUT2D eigenvalue weighted by molar-refractivity contribution is 7.25. The Bertz CT molecular complexity index is 3540. The van der Waals surface area contributed by atoms with Gasteiger partial charge in [0, 0.05) is 53.6 Å². The number of aromatic nitrogens is 1. The summed E-state index contributed by atoms with van der Waals surface area (Å²) >= 11 is 1.86. The van der Waals surface area contributed by atoms with Crippen molar-refractivity contribution in [2.24, 2.45) is 0 Å². The van der Waals surface area contributed by atoms with E-state index in [-0.39, 0.29) is 0 Å². The Hall–Kier alpha value is -7.72. The molecule has 61 heavy (non-hydrogen) atoms. The number of rotatable bonds is 7. The van der Waals surface area contributed by atoms with E-state index in [1.807, 2.05) is 11.3 Å². The molecular weight excluding hydrogens is 757 g/mol. The lowest BCUT2D eigenvalue weighted by atomic mass is 9.96. The van der Waals surface area contributed by atoms with E-state index in [2.05, 4.69) is 240 Å². The fourth-order valence-electron chi connectivity index (χ4n) is 9.32. The molecule has 2 aromatic heterocycles. The smallest absolute Gasteiger partial charge is 0.0541 e. The van der Waals surface area contributed by atoms with E-state index in [0.717, 1.165) is 22.7 Å². The van der Waals surface area contributed by atoms with Gasteiger partial charge in [0.15, 0.2) is 0 Å². The molecular formula is C58H38N2S. The molecule has 10 aromatic carbocycles. The normalized spacial score (nSPS) is 11.6. The second-order valence-corrected chi connectivity index (χ2v) is 16.8. The maximum absolute atomic E-state index is 2.42. The van der Waals surface area contributed by atoms with Crippen molar-refractivity contribution in [3.05, 3.63) is 231 Å². The Kier molecular flexibility index (Phi) is 8.39. The highest BCUT2D eigenvalue weighted by atomic mass is 32.1. The average molecular weight is 795 g/mol. The standard InChI is InChI=1S/C58H38N2S/c1-2-14-41-38-44(28-27-39(41)13-1)43-16-11-15-42(37-43)40-29-31-45(32-30-40)59(46-33-35-47(36-34-46)60-54-23-8-3-17-48(54)49-18-4-9-24-55(49)60)53-22-7-5-19-50(53)51-21-12-26-57-58(51)52-20-6-10-25-56(52)61-57/h1-38H. The molecule has 0 bridgehead atoms. The van der Waals surface area contributed by atoms with E-state index >= 15 is 0 Å². The predicted molar refractivity (Wildman–Crippen MR) is 262 cm³/mol. The van der Waals surface area contributed by atoms with Crippen LogP contribution in [0.2, 0.25) is 0 Å². The van der Waals surface area contributed by atoms with Gasteiger partial charge in [0.25, 0.3) is 0 Å². The first-order valence-corrected chi connectivity index (χ1v) is 21.6. The van der Waals surface area contributed by atoms with E-state index < -0.39 is 0 Å². The molecule has 0 amide bonds. The van der Waals surface area contributed by atoms with E-state index in [9.17, 15) is 0 Å². The number of para-hydroxylation sites is 3. The van der Waals surface area contributed by atoms with Gasteiger partial charge in [-0.2, -0.15) is 0 Å². The minimum atomic E-state index is 1.09. The number of benzene rings is 10. The van der Waals surface area contributed by atoms with Crippen molar-refractivity contribution in [1.29, 1.82) is 0 Å². The number of thiophene rings is 1. The van der Waals surface area contributed by atoms with Crippen LogP contribution in [-0.2, 0) is 0 Å². The van der Waals surface area contributed by atoms with Gasteiger partial charge in [0.05, 0.1) is 16.7 Å². The molecule has 12 aromatic rings. The second-order valence-electron chi connectivity index (χ2n) is 15.7. The lowest BCUT2D eigenvalue weighted by molar-refractivity contribution is 1.17. The first kappa shape index (κ1) is 35.2. The third kappa shape index (κ3) is 6.01. The summed E-state index contributed by atoms with van der Waals surface area (Å²) in [5.41, 5.74) is 14.1. The molecule has 2 nitrogen and oxygen atoms in total. The number of nitrogens with zero attached hydrogens (tertiary/aromatic N) is 2. The van der Waals surface area contributed by atoms with Crippen molar-refractivity contribution in [1.82, 2.24) is 4.57 Å². The van der Waals surface area contributed by atoms with Gasteiger partial charge in [0.2, 0.25) is 0 Å². The summed E-state index contributed by atoms with van der Waals surface area (Å²) < 4.78 is 4.99. The van der Waals surface area contributed by atoms with Crippen molar-refractivity contribution in [3.63, 3.8) is 0 Å². The summed E-state index contributed by atoms with van der Waals surface area (Å²) in [4.78, 5) is 2.42. The minimum absolute atomic E-state index is 1.09. The number of anilines is 3. The van der Waals surface area contributed by atoms with Crippen molar-refractivity contribution in [2.45, 2.75) is 0 Å². The van der Waals surface area contributed by atoms with Crippen LogP contribution in [0.25, 0.3) is 91.8 Å². The van der Waals surface area contributed by atoms with E-state index in [1.165, 1.54) is 86.1 Å². The van der Waals surface area contributed by atoms with E-state index in [4.69, 9.17) is 0 Å². The quantitative estimate of drug-likeness (QED) is 0.156. The second kappa shape index (κ2) is 14.5. The van der Waals surface area contributed by atoms with Gasteiger partial charge in [0.1, 0.15) is 0 Å². The molecule has 286 valence electrons. The van der Waals surface area contributed by atoms with Gasteiger partial charge in [-0.3, -0.25) is 0 Å². The lowest BCUT2D eigenvalue weighted by Crippen LogP contribution is -2.11. The van der Waals surface area contributed by atoms with Crippen LogP contribution in [-0.4, -0.2) is 4.57 Å². The van der Waals surface area contributed by atoms with Gasteiger partial charge in [-0.15, -0.1) is 11.3 Å². The third-order valence-electron chi connectivity index (χ3n) is 12.2. The van der Waals surface area contributed by atoms with Crippen LogP contribution in [0.4, 0.5) is 17.1 Å². The topological polar surface area (TPSA) is 8.17 Å². The molecule has 0 atom stereocenters. The summed E-state index contributed by atoms with van der Waals surface area (Å²) in [6, 6.07) is 84.2. The van der Waals surface area contributed by atoms with Gasteiger partial charge in [-0.1, -0.05) is 152 Å². The zero-order valence-electron chi connectivity index (χ0n) is 33.2. The monoisotopic (exact) mass is 794 g/mol. The average Bonchev–Trinajstić information content (AvgIpc) is 3.88. The van der Waals surface area contributed by atoms with Gasteiger partial charge in [-0.25, -0.2) is 0 Å². The van der Waals surface area contributed by atoms with Crippen LogP contribution in [0.5, 0.6) is 0 Å². The van der Waals surface area contributed by atoms with E-state index in [0.29, 0.717) is 0 Å². The Morgan fingerprint density at radius 1 is 0.344 bits per heavy atom. The highest BCUT2D eigenvalue weighted by Gasteiger charge is 2.21. The molecule has 0 aliphatic rings. The van der Waals surface area contributed by atoms with Gasteiger partial charge < -0.3 is 9.47 Å². The van der Waals surface area contributed by atoms with Crippen LogP contribution in [0.15, 0.2) is 231 Å². The Balaban J connectivity index is 0.995. The van der Waals surface area contributed by atoms with E-state index in [1.54, 1.807) is 0 Å². The Labute approximate surface area is 358 Å². The fourth-order valence-corrected chi connectivity index (χ4v) is 10.5. The number of fused-ring (bicyclic) bond motifs is 7. The number of hydrogen-bond acceptors (Lipinski definition) is 2. The summed E-state index contributed by atoms with van der Waals surface area (Å²) in [7, 11) is 0. The fraction of sp³-hybridized carbons (Fsp3) is 0. The maximum atomic E-state index is 2.42. The third-order valence-corrected chi connectivity index (χ3v) is 13.3. The molecule has 3 heteroatoms. The van der Waals surface area contributed by atoms with Crippen LogP contribution in [0.1, 0.15) is 0 Å². The minimum Gasteiger partial charge on any atom is -0.310 e. The zero-order chi connectivity index (χ0) is 40.3. The van der Waals surface area contributed by atoms with Crippen LogP contribution in [0, 0.1) is 0 Å². The molecule has 2 heterocycles. The summed E-state index contributed by atoms with van der Waals surface area (Å²) in [6.45, 7) is 0. The lowest BCUT2D eigenvalue weighted by Gasteiger charge is -2.28. The van der Waals surface area contributed by atoms with Crippen LogP contribution in [0.3, 0.4) is 0 Å². The molecule has 0 saturated heterocycles. The largest absolute Gasteiger partial charge is 0.310 e. The maximum Gasteiger partial charge on any atom is 0.0541 e. The van der Waals surface area contributed by atoms with Crippen molar-refractivity contribution >= 4 is 81.1 Å². The molecule has 0 spiro atoms. The predicted octanol–water partition coefficient (Wildman–Crippen LogP) is 16.8. The van der Waals surface area contributed by atoms with Crippen molar-refractivity contribution in [2.75, 3.05) is 4.90 Å². The van der Waals surface area contributed by atoms with Crippen molar-refractivity contribution < 1.29 is 0 Å². The van der Waals surface area contributed by atoms with Crippen LogP contribution < -0.4 is 4.90 Å². The molecule has 0 aliphatic heterocycles. The van der Waals surface area contributed by atoms with Crippen molar-refractivity contribution in [3.8, 4) is 39.1 Å². The molecule has 0 N–H and O–H groups in total. The molecule has 0 unspecified atom stereocenters. The summed E-state index contributed by atoms with van der Waals surface area (Å²) in [5, 5.41) is 7.63. The molecule has 0 radical (unpaired) electrons. The summed E-state index contributed by atoms with van der Waals surface area (Å²) in [6.07, 6.45) is 0. The Morgan fingerprint density at radius 2 is 0.885 bits per heavy atom. The van der Waals surface area contributed by atoms with Gasteiger partial charge in [-0.05, 0) is 117 Å².